The van der Waals surface area contributed by atoms with Crippen LogP contribution in [0.25, 0.3) is 10.8 Å². The Morgan fingerprint density at radius 2 is 1.60 bits per heavy atom. The first-order chi connectivity index (χ1) is 17.0. The number of amides is 3. The fourth-order valence-corrected chi connectivity index (χ4v) is 5.39. The van der Waals surface area contributed by atoms with Crippen molar-refractivity contribution in [3.63, 3.8) is 0 Å². The summed E-state index contributed by atoms with van der Waals surface area (Å²) in [5.74, 6) is 0.602. The van der Waals surface area contributed by atoms with Crippen LogP contribution < -0.4 is 10.2 Å². The molecule has 1 atom stereocenters. The fraction of sp³-hybridized carbons (Fsp3) is 0.379. The van der Waals surface area contributed by atoms with Crippen LogP contribution in [0.4, 0.5) is 16.2 Å². The van der Waals surface area contributed by atoms with E-state index in [9.17, 15) is 9.59 Å². The number of likely N-dealkylation sites (tertiary alicyclic amines) is 1. The second kappa shape index (κ2) is 9.98. The van der Waals surface area contributed by atoms with Gasteiger partial charge in [0.05, 0.1) is 6.04 Å². The van der Waals surface area contributed by atoms with Gasteiger partial charge in [0.15, 0.2) is 0 Å². The van der Waals surface area contributed by atoms with Crippen LogP contribution in [-0.4, -0.2) is 61.0 Å². The highest BCUT2D eigenvalue weighted by molar-refractivity contribution is 5.89. The smallest absolute Gasteiger partial charge is 0.321 e. The Balaban J connectivity index is 1.13. The molecule has 6 nitrogen and oxygen atoms in total. The molecule has 2 aliphatic rings. The highest BCUT2D eigenvalue weighted by atomic mass is 16.2. The van der Waals surface area contributed by atoms with E-state index in [-0.39, 0.29) is 18.0 Å². The molecule has 0 saturated carbocycles. The summed E-state index contributed by atoms with van der Waals surface area (Å²) in [6, 6.07) is 23.5. The summed E-state index contributed by atoms with van der Waals surface area (Å²) in [6.07, 6.45) is 2.94. The molecule has 1 unspecified atom stereocenters. The number of piperidine rings is 1. The minimum absolute atomic E-state index is 0.0287. The van der Waals surface area contributed by atoms with E-state index in [4.69, 9.17) is 0 Å². The van der Waals surface area contributed by atoms with Gasteiger partial charge in [0, 0.05) is 51.5 Å². The van der Waals surface area contributed by atoms with Gasteiger partial charge in [-0.15, -0.1) is 0 Å². The van der Waals surface area contributed by atoms with Crippen molar-refractivity contribution in [3.05, 3.63) is 72.3 Å². The predicted molar refractivity (Wildman–Crippen MR) is 142 cm³/mol. The van der Waals surface area contributed by atoms with E-state index in [1.807, 2.05) is 29.0 Å². The molecular formula is C29H34N4O2. The second-order valence-corrected chi connectivity index (χ2v) is 9.86. The second-order valence-electron chi connectivity index (χ2n) is 9.86. The molecular weight excluding hydrogens is 436 g/mol. The summed E-state index contributed by atoms with van der Waals surface area (Å²) in [5, 5.41) is 5.62. The molecule has 2 saturated heterocycles. The number of nitrogens with one attached hydrogen (secondary N) is 1. The quantitative estimate of drug-likeness (QED) is 0.562. The van der Waals surface area contributed by atoms with Gasteiger partial charge in [-0.2, -0.15) is 0 Å². The summed E-state index contributed by atoms with van der Waals surface area (Å²) < 4.78 is 0. The third-order valence-corrected chi connectivity index (χ3v) is 7.72. The average Bonchev–Trinajstić information content (AvgIpc) is 3.38. The van der Waals surface area contributed by atoms with Crippen molar-refractivity contribution in [3.8, 4) is 0 Å². The van der Waals surface area contributed by atoms with Crippen molar-refractivity contribution in [2.75, 3.05) is 43.4 Å². The minimum atomic E-state index is -0.0287. The molecule has 0 aliphatic carbocycles. The monoisotopic (exact) mass is 470 g/mol. The van der Waals surface area contributed by atoms with Crippen molar-refractivity contribution >= 4 is 34.1 Å². The van der Waals surface area contributed by atoms with Gasteiger partial charge in [0.1, 0.15) is 0 Å². The number of likely N-dealkylation sites (N-methyl/N-ethyl adjacent to an activating group) is 1. The van der Waals surface area contributed by atoms with Gasteiger partial charge in [-0.25, -0.2) is 4.79 Å². The van der Waals surface area contributed by atoms with Crippen LogP contribution in [0.2, 0.25) is 0 Å². The zero-order chi connectivity index (χ0) is 24.4. The number of carbonyl (C=O) groups excluding carboxylic acids is 2. The zero-order valence-electron chi connectivity index (χ0n) is 20.6. The predicted octanol–water partition coefficient (Wildman–Crippen LogP) is 5.31. The lowest BCUT2D eigenvalue weighted by molar-refractivity contribution is -0.129. The van der Waals surface area contributed by atoms with E-state index in [0.29, 0.717) is 5.92 Å². The average molecular weight is 471 g/mol. The molecule has 3 aromatic rings. The van der Waals surface area contributed by atoms with Crippen LogP contribution in [-0.2, 0) is 4.79 Å². The van der Waals surface area contributed by atoms with Crippen molar-refractivity contribution in [2.24, 2.45) is 0 Å². The lowest BCUT2D eigenvalue weighted by Gasteiger charge is -2.32. The molecule has 2 aliphatic heterocycles. The van der Waals surface area contributed by atoms with Gasteiger partial charge in [0.2, 0.25) is 5.91 Å². The van der Waals surface area contributed by atoms with Crippen LogP contribution in [0.5, 0.6) is 0 Å². The molecule has 0 radical (unpaired) electrons. The van der Waals surface area contributed by atoms with Gasteiger partial charge in [-0.3, -0.25) is 4.79 Å². The number of benzene rings is 3. The molecule has 3 aromatic carbocycles. The van der Waals surface area contributed by atoms with E-state index in [0.717, 1.165) is 56.8 Å². The van der Waals surface area contributed by atoms with Crippen molar-refractivity contribution in [1.82, 2.24) is 9.80 Å². The Morgan fingerprint density at radius 3 is 2.31 bits per heavy atom. The van der Waals surface area contributed by atoms with E-state index < -0.39 is 0 Å². The highest BCUT2D eigenvalue weighted by Crippen LogP contribution is 2.31. The largest absolute Gasteiger partial charge is 0.369 e. The maximum absolute atomic E-state index is 12.9. The summed E-state index contributed by atoms with van der Waals surface area (Å²) in [6.45, 7) is 4.92. The molecule has 1 N–H and O–H groups in total. The molecule has 5 rings (SSSR count). The fourth-order valence-electron chi connectivity index (χ4n) is 5.39. The van der Waals surface area contributed by atoms with E-state index in [1.165, 1.54) is 16.3 Å². The summed E-state index contributed by atoms with van der Waals surface area (Å²) >= 11 is 0. The van der Waals surface area contributed by atoms with Crippen LogP contribution >= 0.6 is 0 Å². The number of anilines is 2. The third-order valence-electron chi connectivity index (χ3n) is 7.72. The van der Waals surface area contributed by atoms with E-state index in [1.54, 1.807) is 6.92 Å². The summed E-state index contributed by atoms with van der Waals surface area (Å²) in [5.41, 5.74) is 3.31. The molecule has 0 aromatic heterocycles. The zero-order valence-corrected chi connectivity index (χ0v) is 20.6. The number of nitrogens with zero attached hydrogens (tertiary/aromatic N) is 3. The van der Waals surface area contributed by atoms with Crippen LogP contribution in [0.3, 0.4) is 0 Å². The lowest BCUT2D eigenvalue weighted by atomic mass is 9.88. The molecule has 3 amide bonds. The summed E-state index contributed by atoms with van der Waals surface area (Å²) in [7, 11) is 1.87. The van der Waals surface area contributed by atoms with E-state index in [2.05, 4.69) is 64.8 Å². The Bertz CT molecular complexity index is 1200. The normalized spacial score (nSPS) is 18.6. The number of hydrogen-bond acceptors (Lipinski definition) is 3. The lowest BCUT2D eigenvalue weighted by Crippen LogP contribution is -2.40. The molecule has 6 heteroatoms. The van der Waals surface area contributed by atoms with Crippen molar-refractivity contribution in [2.45, 2.75) is 38.1 Å². The van der Waals surface area contributed by atoms with Gasteiger partial charge < -0.3 is 20.0 Å². The number of rotatable bonds is 4. The molecule has 0 spiro atoms. The van der Waals surface area contributed by atoms with Crippen molar-refractivity contribution < 1.29 is 9.59 Å². The highest BCUT2D eigenvalue weighted by Gasteiger charge is 2.27. The minimum Gasteiger partial charge on any atom is -0.369 e. The molecule has 2 fully saturated rings. The summed E-state index contributed by atoms with van der Waals surface area (Å²) in [4.78, 5) is 30.6. The Kier molecular flexibility index (Phi) is 6.62. The standard InChI is InChI=1S/C29H34N4O2/c1-21(34)31(2)28-15-18-33(20-28)27-11-9-26(10-12-27)30-29(35)32-16-13-23(14-17-32)25-8-7-22-5-3-4-6-24(22)19-25/h3-12,19,23,28H,13-18,20H2,1-2H3,(H,30,35). The van der Waals surface area contributed by atoms with E-state index >= 15 is 0 Å². The SMILES string of the molecule is CC(=O)N(C)C1CCN(c2ccc(NC(=O)N3CCC(c4ccc5ccccc5c4)CC3)cc2)C1. The third kappa shape index (κ3) is 5.11. The first-order valence-corrected chi connectivity index (χ1v) is 12.6. The topological polar surface area (TPSA) is 55.9 Å². The molecule has 2 heterocycles. The van der Waals surface area contributed by atoms with Crippen LogP contribution in [0, 0.1) is 0 Å². The maximum atomic E-state index is 12.9. The van der Waals surface area contributed by atoms with Crippen LogP contribution in [0.15, 0.2) is 66.7 Å². The maximum Gasteiger partial charge on any atom is 0.321 e. The van der Waals surface area contributed by atoms with Crippen molar-refractivity contribution in [1.29, 1.82) is 0 Å². The van der Waals surface area contributed by atoms with Gasteiger partial charge >= 0.3 is 6.03 Å². The number of hydrogen-bond donors (Lipinski definition) is 1. The number of carbonyl (C=O) groups is 2. The molecule has 35 heavy (non-hydrogen) atoms. The first-order valence-electron chi connectivity index (χ1n) is 12.6. The Morgan fingerprint density at radius 1 is 0.886 bits per heavy atom. The molecule has 0 bridgehead atoms. The Hall–Kier alpha value is -3.54. The van der Waals surface area contributed by atoms with Crippen LogP contribution in [0.1, 0.15) is 37.7 Å². The Labute approximate surface area is 207 Å². The van der Waals surface area contributed by atoms with Gasteiger partial charge in [-0.1, -0.05) is 42.5 Å². The number of fused-ring (bicyclic) bond motifs is 1. The van der Waals surface area contributed by atoms with Gasteiger partial charge in [0.25, 0.3) is 0 Å². The molecule has 182 valence electrons. The van der Waals surface area contributed by atoms with Gasteiger partial charge in [-0.05, 0) is 65.8 Å². The number of urea groups is 1. The first kappa shape index (κ1) is 23.2.